The highest BCUT2D eigenvalue weighted by Gasteiger charge is 2.22. The lowest BCUT2D eigenvalue weighted by Crippen LogP contribution is -2.46. The second-order valence-corrected chi connectivity index (χ2v) is 8.07. The zero-order valence-electron chi connectivity index (χ0n) is 18.7. The molecule has 1 aromatic carbocycles. The molecule has 0 amide bonds. The van der Waals surface area contributed by atoms with Crippen molar-refractivity contribution in [3.05, 3.63) is 53.7 Å². The third-order valence-corrected chi connectivity index (χ3v) is 5.93. The van der Waals surface area contributed by atoms with Gasteiger partial charge in [-0.1, -0.05) is 25.1 Å². The molecule has 0 bridgehead atoms. The molecule has 0 spiro atoms. The average molecular weight is 423 g/mol. The number of aliphatic imine (C=N–C) groups is 1. The maximum Gasteiger partial charge on any atom is 0.191 e. The number of aromatic nitrogens is 1. The van der Waals surface area contributed by atoms with Crippen LogP contribution in [0.3, 0.4) is 0 Å². The number of pyridine rings is 1. The van der Waals surface area contributed by atoms with Gasteiger partial charge in [0, 0.05) is 45.3 Å². The van der Waals surface area contributed by atoms with Gasteiger partial charge in [-0.2, -0.15) is 0 Å². The van der Waals surface area contributed by atoms with Gasteiger partial charge >= 0.3 is 0 Å². The standard InChI is InChI=1S/C24H34N6O/c1-3-25-24(28-18-21-16-20-7-5-6-8-22(20)31-21)27-17-19-9-10-26-23(15-19)30-13-11-29(4-2)12-14-30/h5-10,15,21H,3-4,11-14,16-18H2,1-2H3,(H2,25,27,28). The van der Waals surface area contributed by atoms with Gasteiger partial charge in [-0.3, -0.25) is 0 Å². The first kappa shape index (κ1) is 21.4. The molecule has 2 aliphatic heterocycles. The van der Waals surface area contributed by atoms with E-state index in [1.165, 1.54) is 11.1 Å². The summed E-state index contributed by atoms with van der Waals surface area (Å²) in [7, 11) is 0. The Labute approximate surface area is 185 Å². The summed E-state index contributed by atoms with van der Waals surface area (Å²) in [5.41, 5.74) is 2.45. The molecule has 2 aromatic rings. The molecule has 1 unspecified atom stereocenters. The lowest BCUT2D eigenvalue weighted by molar-refractivity contribution is 0.235. The Morgan fingerprint density at radius 2 is 1.97 bits per heavy atom. The number of hydrogen-bond donors (Lipinski definition) is 2. The molecular weight excluding hydrogens is 388 g/mol. The SMILES string of the molecule is CCNC(=NCc1ccnc(N2CCN(CC)CC2)c1)NCC1Cc2ccccc2O1. The van der Waals surface area contributed by atoms with Crippen LogP contribution in [0.25, 0.3) is 0 Å². The highest BCUT2D eigenvalue weighted by molar-refractivity contribution is 5.79. The van der Waals surface area contributed by atoms with Crippen molar-refractivity contribution in [2.45, 2.75) is 32.9 Å². The van der Waals surface area contributed by atoms with Crippen molar-refractivity contribution in [2.75, 3.05) is 50.7 Å². The minimum atomic E-state index is 0.135. The molecule has 1 saturated heterocycles. The molecule has 2 N–H and O–H groups in total. The van der Waals surface area contributed by atoms with E-state index in [1.807, 2.05) is 18.3 Å². The number of fused-ring (bicyclic) bond motifs is 1. The van der Waals surface area contributed by atoms with Gasteiger partial charge in [0.05, 0.1) is 13.1 Å². The van der Waals surface area contributed by atoms with E-state index in [9.17, 15) is 0 Å². The van der Waals surface area contributed by atoms with Gasteiger partial charge in [0.1, 0.15) is 17.7 Å². The third kappa shape index (κ3) is 5.67. The van der Waals surface area contributed by atoms with Crippen molar-refractivity contribution >= 4 is 11.8 Å². The summed E-state index contributed by atoms with van der Waals surface area (Å²) in [4.78, 5) is 14.2. The van der Waals surface area contributed by atoms with Crippen LogP contribution in [0.5, 0.6) is 5.75 Å². The monoisotopic (exact) mass is 422 g/mol. The predicted octanol–water partition coefficient (Wildman–Crippen LogP) is 2.28. The molecule has 3 heterocycles. The van der Waals surface area contributed by atoms with Gasteiger partial charge in [0.2, 0.25) is 0 Å². The predicted molar refractivity (Wildman–Crippen MR) is 126 cm³/mol. The summed E-state index contributed by atoms with van der Waals surface area (Å²) < 4.78 is 6.03. The van der Waals surface area contributed by atoms with E-state index in [2.05, 4.69) is 63.5 Å². The Kier molecular flexibility index (Phi) is 7.25. The quantitative estimate of drug-likeness (QED) is 0.527. The molecule has 166 valence electrons. The largest absolute Gasteiger partial charge is 0.488 e. The molecule has 31 heavy (non-hydrogen) atoms. The fraction of sp³-hybridized carbons (Fsp3) is 0.500. The lowest BCUT2D eigenvalue weighted by atomic mass is 10.1. The molecule has 7 heteroatoms. The second kappa shape index (κ2) is 10.5. The molecule has 7 nitrogen and oxygen atoms in total. The fourth-order valence-corrected chi connectivity index (χ4v) is 4.12. The lowest BCUT2D eigenvalue weighted by Gasteiger charge is -2.34. The molecule has 2 aliphatic rings. The van der Waals surface area contributed by atoms with Crippen LogP contribution in [0, 0.1) is 0 Å². The number of anilines is 1. The van der Waals surface area contributed by atoms with Gasteiger partial charge in [-0.25, -0.2) is 9.98 Å². The zero-order valence-corrected chi connectivity index (χ0v) is 18.7. The first-order valence-electron chi connectivity index (χ1n) is 11.4. The van der Waals surface area contributed by atoms with Crippen LogP contribution in [0.1, 0.15) is 25.0 Å². The van der Waals surface area contributed by atoms with Crippen LogP contribution < -0.4 is 20.3 Å². The first-order valence-corrected chi connectivity index (χ1v) is 11.4. The van der Waals surface area contributed by atoms with Gasteiger partial charge < -0.3 is 25.2 Å². The number of nitrogens with one attached hydrogen (secondary N) is 2. The number of nitrogens with zero attached hydrogens (tertiary/aromatic N) is 4. The van der Waals surface area contributed by atoms with E-state index < -0.39 is 0 Å². The fourth-order valence-electron chi connectivity index (χ4n) is 4.12. The van der Waals surface area contributed by atoms with E-state index >= 15 is 0 Å². The van der Waals surface area contributed by atoms with E-state index in [-0.39, 0.29) is 6.10 Å². The summed E-state index contributed by atoms with van der Waals surface area (Å²) in [6.45, 7) is 11.8. The van der Waals surface area contributed by atoms with Crippen LogP contribution in [-0.2, 0) is 13.0 Å². The number of hydrogen-bond acceptors (Lipinski definition) is 5. The maximum atomic E-state index is 6.03. The Hall–Kier alpha value is -2.80. The highest BCUT2D eigenvalue weighted by Crippen LogP contribution is 2.27. The van der Waals surface area contributed by atoms with Crippen LogP contribution in [-0.4, -0.2) is 67.8 Å². The second-order valence-electron chi connectivity index (χ2n) is 8.07. The van der Waals surface area contributed by atoms with Gasteiger partial charge in [-0.05, 0) is 42.8 Å². The van der Waals surface area contributed by atoms with Gasteiger partial charge in [-0.15, -0.1) is 0 Å². The van der Waals surface area contributed by atoms with E-state index in [4.69, 9.17) is 9.73 Å². The van der Waals surface area contributed by atoms with E-state index in [1.54, 1.807) is 0 Å². The Bertz CT molecular complexity index is 853. The Morgan fingerprint density at radius 1 is 1.13 bits per heavy atom. The zero-order chi connectivity index (χ0) is 21.5. The van der Waals surface area contributed by atoms with E-state index in [0.717, 1.165) is 69.8 Å². The van der Waals surface area contributed by atoms with Crippen molar-refractivity contribution in [3.8, 4) is 5.75 Å². The summed E-state index contributed by atoms with van der Waals surface area (Å²) in [5, 5.41) is 6.78. The first-order chi connectivity index (χ1) is 15.2. The number of guanidine groups is 1. The molecule has 0 saturated carbocycles. The summed E-state index contributed by atoms with van der Waals surface area (Å²) in [5.74, 6) is 2.87. The van der Waals surface area contributed by atoms with Crippen molar-refractivity contribution in [1.29, 1.82) is 0 Å². The molecule has 1 atom stereocenters. The molecule has 4 rings (SSSR count). The molecule has 0 radical (unpaired) electrons. The summed E-state index contributed by atoms with van der Waals surface area (Å²) >= 11 is 0. The normalized spacial score (nSPS) is 19.1. The number of likely N-dealkylation sites (N-methyl/N-ethyl adjacent to an activating group) is 1. The molecule has 0 aliphatic carbocycles. The van der Waals surface area contributed by atoms with Crippen LogP contribution >= 0.6 is 0 Å². The number of para-hydroxylation sites is 1. The van der Waals surface area contributed by atoms with Crippen LogP contribution in [0.2, 0.25) is 0 Å². The average Bonchev–Trinajstić information content (AvgIpc) is 3.24. The topological polar surface area (TPSA) is 65.0 Å². The van der Waals surface area contributed by atoms with Gasteiger partial charge in [0.15, 0.2) is 5.96 Å². The summed E-state index contributed by atoms with van der Waals surface area (Å²) in [6.07, 6.45) is 2.97. The number of benzene rings is 1. The summed E-state index contributed by atoms with van der Waals surface area (Å²) in [6, 6.07) is 12.5. The third-order valence-electron chi connectivity index (χ3n) is 5.93. The van der Waals surface area contributed by atoms with Crippen LogP contribution in [0.15, 0.2) is 47.6 Å². The van der Waals surface area contributed by atoms with Crippen molar-refractivity contribution in [2.24, 2.45) is 4.99 Å². The minimum absolute atomic E-state index is 0.135. The smallest absolute Gasteiger partial charge is 0.191 e. The highest BCUT2D eigenvalue weighted by atomic mass is 16.5. The minimum Gasteiger partial charge on any atom is -0.488 e. The van der Waals surface area contributed by atoms with Crippen LogP contribution in [0.4, 0.5) is 5.82 Å². The van der Waals surface area contributed by atoms with Gasteiger partial charge in [0.25, 0.3) is 0 Å². The van der Waals surface area contributed by atoms with Crippen molar-refractivity contribution in [3.63, 3.8) is 0 Å². The number of ether oxygens (including phenoxy) is 1. The van der Waals surface area contributed by atoms with E-state index in [0.29, 0.717) is 6.54 Å². The maximum absolute atomic E-state index is 6.03. The molecule has 1 fully saturated rings. The molecule has 1 aromatic heterocycles. The Balaban J connectivity index is 1.32. The Morgan fingerprint density at radius 3 is 2.74 bits per heavy atom. The molecular formula is C24H34N6O. The number of rotatable bonds is 7. The number of piperazine rings is 1. The van der Waals surface area contributed by atoms with Crippen molar-refractivity contribution < 1.29 is 4.74 Å². The van der Waals surface area contributed by atoms with Crippen molar-refractivity contribution in [1.82, 2.24) is 20.5 Å².